The average Bonchev–Trinajstić information content (AvgIpc) is 2.39. The third kappa shape index (κ3) is 1.67. The molecule has 0 spiro atoms. The van der Waals surface area contributed by atoms with Gasteiger partial charge in [0.25, 0.3) is 0 Å². The Balaban J connectivity index is 2.03. The fraction of sp³-hybridized carbons (Fsp3) is 0.385. The highest BCUT2D eigenvalue weighted by molar-refractivity contribution is 5.77. The third-order valence-corrected chi connectivity index (χ3v) is 3.09. The topological polar surface area (TPSA) is 33.3 Å². The first-order chi connectivity index (χ1) is 7.95. The summed E-state index contributed by atoms with van der Waals surface area (Å²) in [5.74, 6) is 1.03. The van der Waals surface area contributed by atoms with Gasteiger partial charge < -0.3 is 15.4 Å². The Labute approximate surface area is 95.5 Å². The Morgan fingerprint density at radius 1 is 1.19 bits per heavy atom. The van der Waals surface area contributed by atoms with Crippen LogP contribution in [0.4, 0.5) is 5.69 Å². The van der Waals surface area contributed by atoms with E-state index in [4.69, 9.17) is 4.74 Å². The first-order valence-electron chi connectivity index (χ1n) is 5.85. The number of para-hydroxylation sites is 1. The second-order valence-electron chi connectivity index (χ2n) is 4.14. The van der Waals surface area contributed by atoms with E-state index in [2.05, 4.69) is 34.9 Å². The van der Waals surface area contributed by atoms with Crippen molar-refractivity contribution in [3.8, 4) is 5.75 Å². The minimum absolute atomic E-state index is 0.759. The van der Waals surface area contributed by atoms with E-state index in [1.807, 2.05) is 0 Å². The molecule has 0 unspecified atom stereocenters. The van der Waals surface area contributed by atoms with Crippen LogP contribution in [0.2, 0.25) is 0 Å². The van der Waals surface area contributed by atoms with E-state index in [1.165, 1.54) is 11.1 Å². The Hall–Kier alpha value is -1.48. The lowest BCUT2D eigenvalue weighted by Crippen LogP contribution is -2.22. The standard InChI is InChI=1S/C13H16N2O/c1-2-11(10-4-6-14-7-5-10)13-12(3-1)15-8-9-16-13/h1-4,14-15H,5-9H2. The molecule has 0 aromatic heterocycles. The van der Waals surface area contributed by atoms with Crippen LogP contribution in [0.15, 0.2) is 24.3 Å². The number of ether oxygens (including phenoxy) is 1. The summed E-state index contributed by atoms with van der Waals surface area (Å²) in [5, 5.41) is 6.71. The first kappa shape index (κ1) is 9.73. The molecule has 1 aromatic rings. The van der Waals surface area contributed by atoms with Crippen molar-refractivity contribution in [1.82, 2.24) is 5.32 Å². The quantitative estimate of drug-likeness (QED) is 0.752. The molecule has 3 heteroatoms. The molecule has 3 nitrogen and oxygen atoms in total. The van der Waals surface area contributed by atoms with Crippen LogP contribution in [0.1, 0.15) is 12.0 Å². The lowest BCUT2D eigenvalue weighted by molar-refractivity contribution is 0.322. The van der Waals surface area contributed by atoms with Crippen molar-refractivity contribution in [2.75, 3.05) is 31.6 Å². The molecule has 0 saturated heterocycles. The second-order valence-corrected chi connectivity index (χ2v) is 4.14. The molecule has 84 valence electrons. The molecule has 0 radical (unpaired) electrons. The molecule has 0 bridgehead atoms. The van der Waals surface area contributed by atoms with E-state index in [9.17, 15) is 0 Å². The van der Waals surface area contributed by atoms with Crippen molar-refractivity contribution in [2.24, 2.45) is 0 Å². The van der Waals surface area contributed by atoms with Gasteiger partial charge in [-0.2, -0.15) is 0 Å². The van der Waals surface area contributed by atoms with Gasteiger partial charge in [0.2, 0.25) is 0 Å². The van der Waals surface area contributed by atoms with Gasteiger partial charge >= 0.3 is 0 Å². The summed E-state index contributed by atoms with van der Waals surface area (Å²) in [6, 6.07) is 6.33. The maximum atomic E-state index is 5.78. The zero-order valence-corrected chi connectivity index (χ0v) is 9.25. The van der Waals surface area contributed by atoms with Gasteiger partial charge in [0.1, 0.15) is 12.4 Å². The van der Waals surface area contributed by atoms with Crippen LogP contribution in [-0.4, -0.2) is 26.2 Å². The molecule has 3 rings (SSSR count). The van der Waals surface area contributed by atoms with Gasteiger partial charge in [-0.25, -0.2) is 0 Å². The summed E-state index contributed by atoms with van der Waals surface area (Å²) in [7, 11) is 0. The number of rotatable bonds is 1. The van der Waals surface area contributed by atoms with Crippen molar-refractivity contribution in [3.63, 3.8) is 0 Å². The van der Waals surface area contributed by atoms with E-state index in [1.54, 1.807) is 0 Å². The molecule has 0 saturated carbocycles. The molecule has 0 aliphatic carbocycles. The van der Waals surface area contributed by atoms with E-state index in [-0.39, 0.29) is 0 Å². The smallest absolute Gasteiger partial charge is 0.149 e. The molecule has 2 N–H and O–H groups in total. The highest BCUT2D eigenvalue weighted by Crippen LogP contribution is 2.36. The zero-order chi connectivity index (χ0) is 10.8. The van der Waals surface area contributed by atoms with Gasteiger partial charge in [-0.3, -0.25) is 0 Å². The van der Waals surface area contributed by atoms with Crippen LogP contribution in [-0.2, 0) is 0 Å². The van der Waals surface area contributed by atoms with Crippen LogP contribution in [0.25, 0.3) is 5.57 Å². The largest absolute Gasteiger partial charge is 0.489 e. The number of fused-ring (bicyclic) bond motifs is 1. The molecular weight excluding hydrogens is 200 g/mol. The monoisotopic (exact) mass is 216 g/mol. The molecule has 2 aliphatic rings. The highest BCUT2D eigenvalue weighted by atomic mass is 16.5. The van der Waals surface area contributed by atoms with Crippen LogP contribution < -0.4 is 15.4 Å². The average molecular weight is 216 g/mol. The number of hydrogen-bond acceptors (Lipinski definition) is 3. The summed E-state index contributed by atoms with van der Waals surface area (Å²) < 4.78 is 5.78. The van der Waals surface area contributed by atoms with Crippen LogP contribution in [0, 0.1) is 0 Å². The van der Waals surface area contributed by atoms with Crippen molar-refractivity contribution in [2.45, 2.75) is 6.42 Å². The molecule has 16 heavy (non-hydrogen) atoms. The maximum absolute atomic E-state index is 5.78. The zero-order valence-electron chi connectivity index (χ0n) is 9.25. The second kappa shape index (κ2) is 4.18. The molecule has 0 fully saturated rings. The predicted molar refractivity (Wildman–Crippen MR) is 65.9 cm³/mol. The van der Waals surface area contributed by atoms with E-state index in [0.29, 0.717) is 0 Å². The third-order valence-electron chi connectivity index (χ3n) is 3.09. The molecule has 2 heterocycles. The lowest BCUT2D eigenvalue weighted by Gasteiger charge is -2.24. The van der Waals surface area contributed by atoms with Gasteiger partial charge in [-0.15, -0.1) is 0 Å². The summed E-state index contributed by atoms with van der Waals surface area (Å²) in [6.07, 6.45) is 3.34. The Morgan fingerprint density at radius 3 is 3.06 bits per heavy atom. The van der Waals surface area contributed by atoms with Gasteiger partial charge in [0.15, 0.2) is 0 Å². The maximum Gasteiger partial charge on any atom is 0.149 e. The Kier molecular flexibility index (Phi) is 2.54. The summed E-state index contributed by atoms with van der Waals surface area (Å²) in [6.45, 7) is 3.68. The number of hydrogen-bond donors (Lipinski definition) is 2. The van der Waals surface area contributed by atoms with Gasteiger partial charge in [0.05, 0.1) is 5.69 Å². The van der Waals surface area contributed by atoms with Gasteiger partial charge in [-0.1, -0.05) is 18.2 Å². The lowest BCUT2D eigenvalue weighted by atomic mass is 9.98. The van der Waals surface area contributed by atoms with Crippen LogP contribution >= 0.6 is 0 Å². The summed E-state index contributed by atoms with van der Waals surface area (Å²) in [4.78, 5) is 0. The van der Waals surface area contributed by atoms with E-state index in [0.717, 1.165) is 44.1 Å². The first-order valence-corrected chi connectivity index (χ1v) is 5.85. The highest BCUT2D eigenvalue weighted by Gasteiger charge is 2.17. The number of benzene rings is 1. The number of nitrogens with one attached hydrogen (secondary N) is 2. The summed E-state index contributed by atoms with van der Waals surface area (Å²) in [5.41, 5.74) is 3.79. The molecule has 2 aliphatic heterocycles. The molecule has 1 aromatic carbocycles. The SMILES string of the molecule is C1=C(c2cccc3c2OCCN3)CCNC1. The predicted octanol–water partition coefficient (Wildman–Crippen LogP) is 1.87. The summed E-state index contributed by atoms with van der Waals surface area (Å²) >= 11 is 0. The van der Waals surface area contributed by atoms with Crippen molar-refractivity contribution >= 4 is 11.3 Å². The molecular formula is C13H16N2O. The van der Waals surface area contributed by atoms with E-state index < -0.39 is 0 Å². The van der Waals surface area contributed by atoms with Crippen molar-refractivity contribution in [1.29, 1.82) is 0 Å². The Bertz CT molecular complexity index is 426. The fourth-order valence-corrected chi connectivity index (χ4v) is 2.29. The van der Waals surface area contributed by atoms with Gasteiger partial charge in [-0.05, 0) is 24.6 Å². The van der Waals surface area contributed by atoms with E-state index >= 15 is 0 Å². The van der Waals surface area contributed by atoms with Crippen LogP contribution in [0.5, 0.6) is 5.75 Å². The normalized spacial score (nSPS) is 19.1. The Morgan fingerprint density at radius 2 is 2.19 bits per heavy atom. The van der Waals surface area contributed by atoms with Crippen molar-refractivity contribution < 1.29 is 4.74 Å². The minimum atomic E-state index is 0.759. The molecule has 0 atom stereocenters. The number of anilines is 1. The van der Waals surface area contributed by atoms with Crippen molar-refractivity contribution in [3.05, 3.63) is 29.8 Å². The minimum Gasteiger partial charge on any atom is -0.489 e. The van der Waals surface area contributed by atoms with Crippen LogP contribution in [0.3, 0.4) is 0 Å². The molecule has 0 amide bonds. The van der Waals surface area contributed by atoms with Gasteiger partial charge in [0, 0.05) is 18.7 Å². The fourth-order valence-electron chi connectivity index (χ4n) is 2.29.